The zero-order valence-corrected chi connectivity index (χ0v) is 13.8. The third-order valence-electron chi connectivity index (χ3n) is 4.12. The second-order valence-electron chi connectivity index (χ2n) is 5.50. The fraction of sp³-hybridized carbons (Fsp3) is 0.600. The lowest BCUT2D eigenvalue weighted by molar-refractivity contribution is -0.147. The third-order valence-corrected chi connectivity index (χ3v) is 6.35. The van der Waals surface area contributed by atoms with Gasteiger partial charge in [-0.05, 0) is 42.0 Å². The molecule has 1 aromatic heterocycles. The van der Waals surface area contributed by atoms with Gasteiger partial charge in [0.15, 0.2) is 0 Å². The van der Waals surface area contributed by atoms with Crippen LogP contribution in [-0.4, -0.2) is 53.4 Å². The number of carboxylic acid groups (broad SMARTS) is 1. The number of rotatable bonds is 4. The predicted molar refractivity (Wildman–Crippen MR) is 86.4 cm³/mol. The molecule has 120 valence electrons. The van der Waals surface area contributed by atoms with E-state index in [4.69, 9.17) is 4.74 Å². The van der Waals surface area contributed by atoms with Crippen LogP contribution in [0.3, 0.4) is 0 Å². The average Bonchev–Trinajstić information content (AvgIpc) is 3.01. The van der Waals surface area contributed by atoms with E-state index >= 15 is 0 Å². The highest BCUT2D eigenvalue weighted by Gasteiger charge is 2.35. The van der Waals surface area contributed by atoms with Crippen molar-refractivity contribution in [1.82, 2.24) is 4.90 Å². The number of nitrogens with zero attached hydrogens (tertiary/aromatic N) is 1. The normalized spacial score (nSPS) is 22.1. The summed E-state index contributed by atoms with van der Waals surface area (Å²) in [6.07, 6.45) is 2.43. The number of aryl methyl sites for hydroxylation is 1. The lowest BCUT2D eigenvalue weighted by Crippen LogP contribution is -2.47. The second-order valence-corrected chi connectivity index (χ2v) is 7.72. The Morgan fingerprint density at radius 3 is 2.86 bits per heavy atom. The zero-order valence-electron chi connectivity index (χ0n) is 12.2. The molecule has 5 nitrogen and oxygen atoms in total. The molecule has 1 fully saturated rings. The number of hydrogen-bond acceptors (Lipinski definition) is 5. The quantitative estimate of drug-likeness (QED) is 0.909. The lowest BCUT2D eigenvalue weighted by atomic mass is 10.0. The Bertz CT molecular complexity index is 553. The Labute approximate surface area is 137 Å². The summed E-state index contributed by atoms with van der Waals surface area (Å²) in [4.78, 5) is 27.0. The Hall–Kier alpha value is -1.05. The minimum Gasteiger partial charge on any atom is -0.480 e. The molecule has 22 heavy (non-hydrogen) atoms. The van der Waals surface area contributed by atoms with Gasteiger partial charge in [0.25, 0.3) is 0 Å². The maximum Gasteiger partial charge on any atom is 0.323 e. The minimum absolute atomic E-state index is 0.0260. The first-order valence-corrected chi connectivity index (χ1v) is 9.37. The maximum absolute atomic E-state index is 13.0. The Morgan fingerprint density at radius 1 is 1.36 bits per heavy atom. The van der Waals surface area contributed by atoms with E-state index < -0.39 is 5.97 Å². The number of ether oxygens (including phenoxy) is 1. The second kappa shape index (κ2) is 7.02. The number of carbonyl (C=O) groups excluding carboxylic acids is 1. The van der Waals surface area contributed by atoms with Crippen molar-refractivity contribution in [2.75, 3.05) is 25.5 Å². The number of carboxylic acids is 1. The van der Waals surface area contributed by atoms with Crippen molar-refractivity contribution in [2.45, 2.75) is 30.6 Å². The van der Waals surface area contributed by atoms with Crippen LogP contribution in [0.2, 0.25) is 0 Å². The Kier molecular flexibility index (Phi) is 5.05. The van der Waals surface area contributed by atoms with Crippen LogP contribution >= 0.6 is 23.1 Å². The van der Waals surface area contributed by atoms with E-state index in [0.717, 1.165) is 17.7 Å². The van der Waals surface area contributed by atoms with Gasteiger partial charge in [0.2, 0.25) is 5.91 Å². The monoisotopic (exact) mass is 341 g/mol. The van der Waals surface area contributed by atoms with E-state index in [9.17, 15) is 14.7 Å². The average molecular weight is 341 g/mol. The molecule has 3 rings (SSSR count). The van der Waals surface area contributed by atoms with Crippen molar-refractivity contribution in [2.24, 2.45) is 0 Å². The van der Waals surface area contributed by atoms with Crippen LogP contribution in [0.1, 0.15) is 28.5 Å². The van der Waals surface area contributed by atoms with Gasteiger partial charge in [0.05, 0.1) is 0 Å². The van der Waals surface area contributed by atoms with Gasteiger partial charge in [-0.1, -0.05) is 0 Å². The van der Waals surface area contributed by atoms with Gasteiger partial charge in [-0.15, -0.1) is 23.1 Å². The molecular formula is C15H19NO4S2. The lowest BCUT2D eigenvalue weighted by Gasteiger charge is -2.36. The number of carbonyl (C=O) groups is 2. The van der Waals surface area contributed by atoms with Gasteiger partial charge in [-0.2, -0.15) is 0 Å². The van der Waals surface area contributed by atoms with Gasteiger partial charge < -0.3 is 14.7 Å². The molecule has 0 saturated carbocycles. The molecular weight excluding hydrogens is 322 g/mol. The maximum atomic E-state index is 13.0. The summed E-state index contributed by atoms with van der Waals surface area (Å²) < 4.78 is 5.33. The van der Waals surface area contributed by atoms with Gasteiger partial charge >= 0.3 is 5.97 Å². The number of aliphatic carboxylic acids is 1. The topological polar surface area (TPSA) is 66.8 Å². The summed E-state index contributed by atoms with van der Waals surface area (Å²) in [7, 11) is 0. The molecule has 0 spiro atoms. The summed E-state index contributed by atoms with van der Waals surface area (Å²) in [5.41, 5.74) is 1.08. The highest BCUT2D eigenvalue weighted by atomic mass is 32.2. The SMILES string of the molecule is O=C(O)CN(C(=O)C1SCCc2sccc21)C1CCOCC1. The molecule has 0 aromatic carbocycles. The first-order valence-electron chi connectivity index (χ1n) is 7.44. The van der Waals surface area contributed by atoms with E-state index in [1.54, 1.807) is 28.0 Å². The molecule has 3 heterocycles. The highest BCUT2D eigenvalue weighted by molar-refractivity contribution is 8.00. The van der Waals surface area contributed by atoms with Crippen LogP contribution in [0.25, 0.3) is 0 Å². The Balaban J connectivity index is 1.81. The fourth-order valence-electron chi connectivity index (χ4n) is 3.03. The van der Waals surface area contributed by atoms with Crippen LogP contribution in [0.15, 0.2) is 11.4 Å². The fourth-order valence-corrected chi connectivity index (χ4v) is 5.39. The molecule has 1 atom stereocenters. The predicted octanol–water partition coefficient (Wildman–Crippen LogP) is 2.17. The van der Waals surface area contributed by atoms with Gasteiger partial charge in [-0.3, -0.25) is 9.59 Å². The molecule has 1 aromatic rings. The molecule has 1 unspecified atom stereocenters. The summed E-state index contributed by atoms with van der Waals surface area (Å²) in [6.45, 7) is 0.963. The summed E-state index contributed by atoms with van der Waals surface area (Å²) in [6, 6.07) is 1.99. The van der Waals surface area contributed by atoms with Crippen molar-refractivity contribution in [3.8, 4) is 0 Å². The van der Waals surface area contributed by atoms with E-state index in [0.29, 0.717) is 26.1 Å². The largest absolute Gasteiger partial charge is 0.480 e. The zero-order chi connectivity index (χ0) is 15.5. The molecule has 1 N–H and O–H groups in total. The number of hydrogen-bond donors (Lipinski definition) is 1. The van der Waals surface area contributed by atoms with Crippen molar-refractivity contribution in [3.05, 3.63) is 21.9 Å². The summed E-state index contributed by atoms with van der Waals surface area (Å²) in [5, 5.41) is 11.0. The van der Waals surface area contributed by atoms with Crippen LogP contribution in [0.5, 0.6) is 0 Å². The highest BCUT2D eigenvalue weighted by Crippen LogP contribution is 2.41. The number of fused-ring (bicyclic) bond motifs is 1. The molecule has 0 bridgehead atoms. The molecule has 2 aliphatic heterocycles. The third kappa shape index (κ3) is 3.31. The van der Waals surface area contributed by atoms with Crippen LogP contribution < -0.4 is 0 Å². The summed E-state index contributed by atoms with van der Waals surface area (Å²) >= 11 is 3.32. The van der Waals surface area contributed by atoms with E-state index in [1.165, 1.54) is 4.88 Å². The minimum atomic E-state index is -0.953. The molecule has 0 aliphatic carbocycles. The van der Waals surface area contributed by atoms with Crippen molar-refractivity contribution >= 4 is 35.0 Å². The van der Waals surface area contributed by atoms with Crippen molar-refractivity contribution in [1.29, 1.82) is 0 Å². The molecule has 2 aliphatic rings. The first-order chi connectivity index (χ1) is 10.7. The molecule has 1 saturated heterocycles. The van der Waals surface area contributed by atoms with E-state index in [1.807, 2.05) is 11.4 Å². The van der Waals surface area contributed by atoms with Gasteiger partial charge in [0.1, 0.15) is 11.8 Å². The van der Waals surface area contributed by atoms with Gasteiger partial charge in [0, 0.05) is 24.1 Å². The summed E-state index contributed by atoms with van der Waals surface area (Å²) in [5.74, 6) is -0.0941. The number of thioether (sulfide) groups is 1. The van der Waals surface area contributed by atoms with Gasteiger partial charge in [-0.25, -0.2) is 0 Å². The van der Waals surface area contributed by atoms with Crippen molar-refractivity contribution in [3.63, 3.8) is 0 Å². The number of thiophene rings is 1. The molecule has 7 heteroatoms. The standard InChI is InChI=1S/C15H19NO4S2/c17-13(18)9-16(10-1-5-20-6-2-10)15(19)14-11-3-7-21-12(11)4-8-22-14/h3,7,10,14H,1-2,4-6,8-9H2,(H,17,18). The van der Waals surface area contributed by atoms with E-state index in [-0.39, 0.29) is 23.7 Å². The molecule has 0 radical (unpaired) electrons. The van der Waals surface area contributed by atoms with Crippen LogP contribution in [-0.2, 0) is 20.7 Å². The van der Waals surface area contributed by atoms with E-state index in [2.05, 4.69) is 0 Å². The molecule has 1 amide bonds. The first kappa shape index (κ1) is 15.8. The number of amides is 1. The Morgan fingerprint density at radius 2 is 2.14 bits per heavy atom. The smallest absolute Gasteiger partial charge is 0.323 e. The van der Waals surface area contributed by atoms with Crippen LogP contribution in [0, 0.1) is 0 Å². The van der Waals surface area contributed by atoms with Crippen molar-refractivity contribution < 1.29 is 19.4 Å². The van der Waals surface area contributed by atoms with Crippen LogP contribution in [0.4, 0.5) is 0 Å².